The Kier molecular flexibility index (Phi) is 4.57. The second-order valence-corrected chi connectivity index (χ2v) is 6.49. The summed E-state index contributed by atoms with van der Waals surface area (Å²) in [4.78, 5) is 17.8. The number of hydrogen-bond donors (Lipinski definition) is 0. The van der Waals surface area contributed by atoms with Crippen molar-refractivity contribution in [2.75, 3.05) is 6.61 Å². The van der Waals surface area contributed by atoms with Gasteiger partial charge in [-0.3, -0.25) is 9.36 Å². The van der Waals surface area contributed by atoms with Crippen LogP contribution in [0.4, 0.5) is 0 Å². The first-order chi connectivity index (χ1) is 13.7. The first kappa shape index (κ1) is 17.8. The highest BCUT2D eigenvalue weighted by Gasteiger charge is 2.16. The topological polar surface area (TPSA) is 49.0 Å². The molecule has 0 aliphatic carbocycles. The summed E-state index contributed by atoms with van der Waals surface area (Å²) in [5, 5.41) is 0.932. The van der Waals surface area contributed by atoms with Crippen molar-refractivity contribution in [2.45, 2.75) is 6.92 Å². The van der Waals surface area contributed by atoms with Crippen LogP contribution in [0.3, 0.4) is 0 Å². The molecule has 4 rings (SSSR count). The van der Waals surface area contributed by atoms with E-state index in [1.165, 1.54) is 0 Å². The Labute approximate surface area is 162 Å². The lowest BCUT2D eigenvalue weighted by molar-refractivity contribution is 0.316. The smallest absolute Gasteiger partial charge is 0.282 e. The lowest BCUT2D eigenvalue weighted by atomic mass is 10.1. The van der Waals surface area contributed by atoms with Gasteiger partial charge in [0.05, 0.1) is 5.52 Å². The maximum absolute atomic E-state index is 13.2. The SMILES string of the molecule is C=C/C=C\C(=C/C)n1cnc2c3cc(C4=CC=CCO4)ccc3n(C)c2c1=O. The molecule has 2 aromatic heterocycles. The van der Waals surface area contributed by atoms with E-state index in [-0.39, 0.29) is 5.56 Å². The molecule has 0 saturated carbocycles. The summed E-state index contributed by atoms with van der Waals surface area (Å²) in [6, 6.07) is 6.05. The van der Waals surface area contributed by atoms with E-state index in [9.17, 15) is 4.79 Å². The van der Waals surface area contributed by atoms with E-state index in [0.717, 1.165) is 27.9 Å². The summed E-state index contributed by atoms with van der Waals surface area (Å²) in [6.45, 7) is 6.13. The van der Waals surface area contributed by atoms with Crippen LogP contribution in [-0.2, 0) is 11.8 Å². The Hall–Kier alpha value is -3.60. The van der Waals surface area contributed by atoms with Gasteiger partial charge in [-0.15, -0.1) is 0 Å². The highest BCUT2D eigenvalue weighted by Crippen LogP contribution is 2.29. The zero-order valence-electron chi connectivity index (χ0n) is 15.9. The van der Waals surface area contributed by atoms with Gasteiger partial charge >= 0.3 is 0 Å². The second kappa shape index (κ2) is 7.19. The molecule has 1 aliphatic rings. The predicted molar refractivity (Wildman–Crippen MR) is 115 cm³/mol. The van der Waals surface area contributed by atoms with Crippen LogP contribution in [0, 0.1) is 0 Å². The third-order valence-electron chi connectivity index (χ3n) is 4.88. The molecule has 5 heteroatoms. The van der Waals surface area contributed by atoms with Crippen molar-refractivity contribution in [3.8, 4) is 0 Å². The Balaban J connectivity index is 1.95. The van der Waals surface area contributed by atoms with E-state index in [2.05, 4.69) is 11.6 Å². The van der Waals surface area contributed by atoms with E-state index in [1.807, 2.05) is 67.1 Å². The van der Waals surface area contributed by atoms with Gasteiger partial charge in [-0.05, 0) is 43.4 Å². The molecular formula is C23H21N3O2. The minimum absolute atomic E-state index is 0.108. The van der Waals surface area contributed by atoms with Crippen molar-refractivity contribution in [2.24, 2.45) is 7.05 Å². The lowest BCUT2D eigenvalue weighted by Gasteiger charge is -2.11. The molecule has 0 radical (unpaired) electrons. The number of aryl methyl sites for hydroxylation is 1. The van der Waals surface area contributed by atoms with Crippen molar-refractivity contribution in [1.82, 2.24) is 14.1 Å². The fourth-order valence-electron chi connectivity index (χ4n) is 3.48. The zero-order valence-corrected chi connectivity index (χ0v) is 15.9. The Morgan fingerprint density at radius 2 is 2.21 bits per heavy atom. The zero-order chi connectivity index (χ0) is 19.7. The molecular weight excluding hydrogens is 350 g/mol. The monoisotopic (exact) mass is 371 g/mol. The minimum Gasteiger partial charge on any atom is -0.489 e. The number of hydrogen-bond acceptors (Lipinski definition) is 3. The second-order valence-electron chi connectivity index (χ2n) is 6.49. The molecule has 0 saturated heterocycles. The van der Waals surface area contributed by atoms with Crippen LogP contribution in [0.15, 0.2) is 78.4 Å². The summed E-state index contributed by atoms with van der Waals surface area (Å²) in [5.41, 5.74) is 3.83. The average molecular weight is 371 g/mol. The molecule has 0 unspecified atom stereocenters. The number of rotatable bonds is 4. The number of benzene rings is 1. The summed E-state index contributed by atoms with van der Waals surface area (Å²) >= 11 is 0. The van der Waals surface area contributed by atoms with E-state index in [4.69, 9.17) is 4.74 Å². The van der Waals surface area contributed by atoms with Crippen LogP contribution in [0.1, 0.15) is 12.5 Å². The largest absolute Gasteiger partial charge is 0.489 e. The first-order valence-electron chi connectivity index (χ1n) is 9.11. The number of ether oxygens (including phenoxy) is 1. The highest BCUT2D eigenvalue weighted by atomic mass is 16.5. The third kappa shape index (κ3) is 2.81. The average Bonchev–Trinajstić information content (AvgIpc) is 3.03. The number of aromatic nitrogens is 3. The summed E-state index contributed by atoms with van der Waals surface area (Å²) in [5.74, 6) is 0.820. The molecule has 1 aliphatic heterocycles. The highest BCUT2D eigenvalue weighted by molar-refractivity contribution is 6.06. The molecule has 0 spiro atoms. The standard InChI is InChI=1S/C23H21N3O2/c1-4-6-9-17(5-2)26-15-24-21-18-14-16(20-10-7-8-13-28-20)11-12-19(18)25(3)22(21)23(26)27/h4-12,14-15H,1,13H2,2-3H3/b9-6-,17-5+. The van der Waals surface area contributed by atoms with Crippen molar-refractivity contribution in [3.05, 3.63) is 89.6 Å². The van der Waals surface area contributed by atoms with Crippen molar-refractivity contribution in [3.63, 3.8) is 0 Å². The molecule has 0 fully saturated rings. The van der Waals surface area contributed by atoms with Crippen LogP contribution in [0.2, 0.25) is 0 Å². The van der Waals surface area contributed by atoms with Gasteiger partial charge in [0.1, 0.15) is 29.7 Å². The Morgan fingerprint density at radius 1 is 1.36 bits per heavy atom. The molecule has 3 aromatic rings. The quantitative estimate of drug-likeness (QED) is 0.638. The molecule has 0 N–H and O–H groups in total. The summed E-state index contributed by atoms with van der Waals surface area (Å²) < 4.78 is 9.18. The molecule has 140 valence electrons. The van der Waals surface area contributed by atoms with Crippen molar-refractivity contribution < 1.29 is 4.74 Å². The van der Waals surface area contributed by atoms with Gasteiger partial charge in [0.15, 0.2) is 0 Å². The van der Waals surface area contributed by atoms with Crippen LogP contribution >= 0.6 is 0 Å². The van der Waals surface area contributed by atoms with Crippen LogP contribution in [0.25, 0.3) is 33.4 Å². The fourth-order valence-corrected chi connectivity index (χ4v) is 3.48. The lowest BCUT2D eigenvalue weighted by Crippen LogP contribution is -2.20. The molecule has 5 nitrogen and oxygen atoms in total. The van der Waals surface area contributed by atoms with Gasteiger partial charge < -0.3 is 9.30 Å². The summed E-state index contributed by atoms with van der Waals surface area (Å²) in [7, 11) is 1.89. The maximum atomic E-state index is 13.2. The van der Waals surface area contributed by atoms with Gasteiger partial charge in [-0.2, -0.15) is 0 Å². The number of nitrogens with zero attached hydrogens (tertiary/aromatic N) is 3. The maximum Gasteiger partial charge on any atom is 0.282 e. The van der Waals surface area contributed by atoms with E-state index >= 15 is 0 Å². The number of allylic oxidation sites excluding steroid dienone is 7. The predicted octanol–water partition coefficient (Wildman–Crippen LogP) is 4.42. The van der Waals surface area contributed by atoms with E-state index < -0.39 is 0 Å². The van der Waals surface area contributed by atoms with Gasteiger partial charge in [0, 0.05) is 23.7 Å². The summed E-state index contributed by atoms with van der Waals surface area (Å²) in [6.07, 6.45) is 14.7. The van der Waals surface area contributed by atoms with Crippen LogP contribution < -0.4 is 5.56 Å². The molecule has 0 bridgehead atoms. The molecule has 28 heavy (non-hydrogen) atoms. The van der Waals surface area contributed by atoms with Gasteiger partial charge in [-0.1, -0.05) is 30.9 Å². The van der Waals surface area contributed by atoms with Gasteiger partial charge in [-0.25, -0.2) is 4.98 Å². The van der Waals surface area contributed by atoms with Gasteiger partial charge in [0.25, 0.3) is 5.56 Å². The Bertz CT molecular complexity index is 1270. The van der Waals surface area contributed by atoms with Crippen molar-refractivity contribution in [1.29, 1.82) is 0 Å². The van der Waals surface area contributed by atoms with Crippen molar-refractivity contribution >= 4 is 33.4 Å². The molecule has 0 atom stereocenters. The first-order valence-corrected chi connectivity index (χ1v) is 9.11. The molecule has 1 aromatic carbocycles. The van der Waals surface area contributed by atoms with Gasteiger partial charge in [0.2, 0.25) is 0 Å². The molecule has 0 amide bonds. The van der Waals surface area contributed by atoms with Crippen LogP contribution in [-0.4, -0.2) is 20.7 Å². The minimum atomic E-state index is -0.108. The Morgan fingerprint density at radius 3 is 2.93 bits per heavy atom. The van der Waals surface area contributed by atoms with E-state index in [1.54, 1.807) is 23.0 Å². The number of fused-ring (bicyclic) bond motifs is 3. The fraction of sp³-hybridized carbons (Fsp3) is 0.130. The van der Waals surface area contributed by atoms with E-state index in [0.29, 0.717) is 17.6 Å². The molecule has 3 heterocycles. The van der Waals surface area contributed by atoms with Crippen LogP contribution in [0.5, 0.6) is 0 Å². The normalized spacial score (nSPS) is 14.6. The third-order valence-corrected chi connectivity index (χ3v) is 4.88.